The Morgan fingerprint density at radius 1 is 0.963 bits per heavy atom. The van der Waals surface area contributed by atoms with Gasteiger partial charge in [-0.25, -0.2) is 0 Å². The maximum absolute atomic E-state index is 12.9. The molecule has 1 aliphatic carbocycles. The van der Waals surface area contributed by atoms with Gasteiger partial charge in [0.2, 0.25) is 0 Å². The zero-order valence-electron chi connectivity index (χ0n) is 15.9. The molecule has 27 heavy (non-hydrogen) atoms. The Balaban J connectivity index is 1.67. The molecular formula is C23H24N2O2. The van der Waals surface area contributed by atoms with Crippen LogP contribution in [-0.2, 0) is 0 Å². The van der Waals surface area contributed by atoms with Crippen molar-refractivity contribution < 1.29 is 9.53 Å². The topological polar surface area (TPSA) is 42.4 Å². The molecule has 4 nitrogen and oxygen atoms in total. The number of carbonyl (C=O) groups excluding carboxylic acids is 1. The summed E-state index contributed by atoms with van der Waals surface area (Å²) in [6.07, 6.45) is 2.78. The third-order valence-electron chi connectivity index (χ3n) is 5.33. The van der Waals surface area contributed by atoms with E-state index < -0.39 is 0 Å². The molecular weight excluding hydrogens is 336 g/mol. The van der Waals surface area contributed by atoms with Crippen molar-refractivity contribution in [3.05, 3.63) is 59.8 Å². The standard InChI is InChI=1S/C23H24N2O2/c1-3-25(4-2)14-7-15-27-20-11-10-19-21-18(20)12-13-24-22(21)16-8-5-6-9-17(16)23(19)26/h5-6,8-13H,3-4,7,14-15H2,1-2H3. The summed E-state index contributed by atoms with van der Waals surface area (Å²) in [6.45, 7) is 8.17. The van der Waals surface area contributed by atoms with Crippen LogP contribution in [0.2, 0.25) is 0 Å². The molecule has 138 valence electrons. The van der Waals surface area contributed by atoms with Crippen molar-refractivity contribution in [3.63, 3.8) is 0 Å². The zero-order valence-corrected chi connectivity index (χ0v) is 15.9. The molecule has 0 atom stereocenters. The second-order valence-corrected chi connectivity index (χ2v) is 6.80. The Hall–Kier alpha value is -2.72. The number of fused-ring (bicyclic) bond motifs is 2. The summed E-state index contributed by atoms with van der Waals surface area (Å²) in [5.41, 5.74) is 3.20. The summed E-state index contributed by atoms with van der Waals surface area (Å²) in [5, 5.41) is 1.87. The summed E-state index contributed by atoms with van der Waals surface area (Å²) < 4.78 is 6.09. The van der Waals surface area contributed by atoms with E-state index in [4.69, 9.17) is 4.74 Å². The lowest BCUT2D eigenvalue weighted by Crippen LogP contribution is -2.25. The van der Waals surface area contributed by atoms with Crippen LogP contribution in [-0.4, -0.2) is 41.9 Å². The Labute approximate surface area is 159 Å². The van der Waals surface area contributed by atoms with Crippen LogP contribution in [0.3, 0.4) is 0 Å². The normalized spacial score (nSPS) is 12.5. The molecule has 0 amide bonds. The van der Waals surface area contributed by atoms with E-state index >= 15 is 0 Å². The van der Waals surface area contributed by atoms with Crippen molar-refractivity contribution in [2.45, 2.75) is 20.3 Å². The molecule has 0 radical (unpaired) electrons. The number of carbonyl (C=O) groups is 1. The Morgan fingerprint density at radius 2 is 1.74 bits per heavy atom. The third kappa shape index (κ3) is 3.10. The average Bonchev–Trinajstić information content (AvgIpc) is 2.72. The molecule has 1 heterocycles. The van der Waals surface area contributed by atoms with Gasteiger partial charge in [0.05, 0.1) is 12.3 Å². The molecule has 0 bridgehead atoms. The fourth-order valence-corrected chi connectivity index (χ4v) is 3.83. The van der Waals surface area contributed by atoms with Gasteiger partial charge in [0.1, 0.15) is 5.75 Å². The van der Waals surface area contributed by atoms with Crippen LogP contribution in [0.15, 0.2) is 48.7 Å². The predicted molar refractivity (Wildman–Crippen MR) is 109 cm³/mol. The molecule has 4 rings (SSSR count). The molecule has 2 aromatic carbocycles. The van der Waals surface area contributed by atoms with E-state index in [1.165, 1.54) is 0 Å². The number of hydrogen-bond acceptors (Lipinski definition) is 4. The Bertz CT molecular complexity index is 993. The number of rotatable bonds is 7. The highest BCUT2D eigenvalue weighted by molar-refractivity contribution is 6.25. The van der Waals surface area contributed by atoms with Gasteiger partial charge in [-0.2, -0.15) is 0 Å². The molecule has 0 N–H and O–H groups in total. The van der Waals surface area contributed by atoms with Crippen molar-refractivity contribution >= 4 is 16.6 Å². The summed E-state index contributed by atoms with van der Waals surface area (Å²) in [6, 6.07) is 13.4. The number of hydrogen-bond donors (Lipinski definition) is 0. The Morgan fingerprint density at radius 3 is 2.52 bits per heavy atom. The van der Waals surface area contributed by atoms with Gasteiger partial charge in [-0.1, -0.05) is 38.1 Å². The molecule has 0 aliphatic heterocycles. The molecule has 4 heteroatoms. The first-order chi connectivity index (χ1) is 13.2. The van der Waals surface area contributed by atoms with Crippen LogP contribution < -0.4 is 4.74 Å². The van der Waals surface area contributed by atoms with Gasteiger partial charge in [0, 0.05) is 40.2 Å². The largest absolute Gasteiger partial charge is 0.493 e. The van der Waals surface area contributed by atoms with Gasteiger partial charge >= 0.3 is 0 Å². The number of ether oxygens (including phenoxy) is 1. The molecule has 0 saturated carbocycles. The lowest BCUT2D eigenvalue weighted by molar-refractivity contribution is 0.104. The maximum Gasteiger partial charge on any atom is 0.194 e. The molecule has 0 unspecified atom stereocenters. The zero-order chi connectivity index (χ0) is 18.8. The second-order valence-electron chi connectivity index (χ2n) is 6.80. The minimum atomic E-state index is 0.0594. The van der Waals surface area contributed by atoms with Crippen LogP contribution in [0.1, 0.15) is 36.2 Å². The van der Waals surface area contributed by atoms with E-state index in [0.29, 0.717) is 12.2 Å². The monoisotopic (exact) mass is 360 g/mol. The highest BCUT2D eigenvalue weighted by Gasteiger charge is 2.26. The fraction of sp³-hybridized carbons (Fsp3) is 0.304. The van der Waals surface area contributed by atoms with Crippen molar-refractivity contribution in [2.24, 2.45) is 0 Å². The third-order valence-corrected chi connectivity index (χ3v) is 5.33. The summed E-state index contributed by atoms with van der Waals surface area (Å²) in [5.74, 6) is 0.883. The van der Waals surface area contributed by atoms with E-state index in [2.05, 4.69) is 23.7 Å². The van der Waals surface area contributed by atoms with E-state index in [1.807, 2.05) is 42.5 Å². The van der Waals surface area contributed by atoms with Crippen LogP contribution in [0.4, 0.5) is 0 Å². The molecule has 3 aromatic rings. The van der Waals surface area contributed by atoms with E-state index in [9.17, 15) is 4.79 Å². The van der Waals surface area contributed by atoms with E-state index in [-0.39, 0.29) is 5.78 Å². The summed E-state index contributed by atoms with van der Waals surface area (Å²) in [4.78, 5) is 19.9. The SMILES string of the molecule is CCN(CC)CCCOc1ccc2c3c(nccc13)-c1ccccc1C2=O. The van der Waals surface area contributed by atoms with Crippen LogP contribution in [0, 0.1) is 0 Å². The lowest BCUT2D eigenvalue weighted by atomic mass is 9.85. The predicted octanol–water partition coefficient (Wildman–Crippen LogP) is 4.56. The first-order valence-electron chi connectivity index (χ1n) is 9.65. The second kappa shape index (κ2) is 7.49. The quantitative estimate of drug-likeness (QED) is 0.453. The highest BCUT2D eigenvalue weighted by atomic mass is 16.5. The van der Waals surface area contributed by atoms with Gasteiger partial charge in [-0.15, -0.1) is 0 Å². The lowest BCUT2D eigenvalue weighted by Gasteiger charge is -2.21. The van der Waals surface area contributed by atoms with Crippen LogP contribution >= 0.6 is 0 Å². The summed E-state index contributed by atoms with van der Waals surface area (Å²) in [7, 11) is 0. The number of ketones is 1. The molecule has 0 fully saturated rings. The van der Waals surface area contributed by atoms with Gasteiger partial charge in [0.25, 0.3) is 0 Å². The smallest absolute Gasteiger partial charge is 0.194 e. The van der Waals surface area contributed by atoms with Gasteiger partial charge in [0.15, 0.2) is 5.78 Å². The fourth-order valence-electron chi connectivity index (χ4n) is 3.83. The number of aromatic nitrogens is 1. The van der Waals surface area contributed by atoms with Crippen molar-refractivity contribution in [1.29, 1.82) is 0 Å². The van der Waals surface area contributed by atoms with Crippen molar-refractivity contribution in [1.82, 2.24) is 9.88 Å². The van der Waals surface area contributed by atoms with Gasteiger partial charge in [-0.3, -0.25) is 9.78 Å². The maximum atomic E-state index is 12.9. The minimum absolute atomic E-state index is 0.0594. The van der Waals surface area contributed by atoms with Crippen molar-refractivity contribution in [3.8, 4) is 17.0 Å². The molecule has 1 aromatic heterocycles. The minimum Gasteiger partial charge on any atom is -0.493 e. The number of pyridine rings is 1. The highest BCUT2D eigenvalue weighted by Crippen LogP contribution is 2.40. The number of nitrogens with zero attached hydrogens (tertiary/aromatic N) is 2. The van der Waals surface area contributed by atoms with E-state index in [1.54, 1.807) is 6.20 Å². The average molecular weight is 360 g/mol. The first-order valence-corrected chi connectivity index (χ1v) is 9.65. The van der Waals surface area contributed by atoms with Gasteiger partial charge in [-0.05, 0) is 37.7 Å². The summed E-state index contributed by atoms with van der Waals surface area (Å²) >= 11 is 0. The molecule has 1 aliphatic rings. The first kappa shape index (κ1) is 17.7. The Kier molecular flexibility index (Phi) is 4.90. The number of benzene rings is 2. The molecule has 0 saturated heterocycles. The molecule has 0 spiro atoms. The van der Waals surface area contributed by atoms with E-state index in [0.717, 1.165) is 59.4 Å². The van der Waals surface area contributed by atoms with Crippen LogP contribution in [0.5, 0.6) is 5.75 Å². The van der Waals surface area contributed by atoms with Gasteiger partial charge < -0.3 is 9.64 Å². The van der Waals surface area contributed by atoms with Crippen molar-refractivity contribution in [2.75, 3.05) is 26.2 Å². The van der Waals surface area contributed by atoms with Crippen LogP contribution in [0.25, 0.3) is 22.0 Å².